The van der Waals surface area contributed by atoms with Crippen LogP contribution in [0.3, 0.4) is 0 Å². The molecule has 88 valence electrons. The van der Waals surface area contributed by atoms with Crippen molar-refractivity contribution in [1.29, 1.82) is 0 Å². The number of carbonyl (C=O) groups is 1. The molecule has 1 fully saturated rings. The van der Waals surface area contributed by atoms with Gasteiger partial charge < -0.3 is 9.47 Å². The molecule has 0 aliphatic carbocycles. The van der Waals surface area contributed by atoms with E-state index in [1.807, 2.05) is 0 Å². The van der Waals surface area contributed by atoms with Crippen molar-refractivity contribution < 1.29 is 14.3 Å². The van der Waals surface area contributed by atoms with Crippen molar-refractivity contribution in [3.8, 4) is 0 Å². The monoisotopic (exact) mass is 214 g/mol. The van der Waals surface area contributed by atoms with Crippen LogP contribution in [0.4, 0.5) is 0 Å². The van der Waals surface area contributed by atoms with Gasteiger partial charge in [0.2, 0.25) is 0 Å². The van der Waals surface area contributed by atoms with E-state index >= 15 is 0 Å². The van der Waals surface area contributed by atoms with Crippen molar-refractivity contribution in [2.75, 3.05) is 13.2 Å². The minimum absolute atomic E-state index is 0.00394. The molecule has 0 spiro atoms. The third-order valence-electron chi connectivity index (χ3n) is 2.65. The van der Waals surface area contributed by atoms with E-state index in [0.29, 0.717) is 5.78 Å². The number of hydrogen-bond donors (Lipinski definition) is 0. The standard InChI is InChI=1S/C12H22O3/c1-2-3-6-11(13)7-4-5-8-12-14-9-10-15-12/h12H,2-10H2,1H3. The van der Waals surface area contributed by atoms with E-state index in [9.17, 15) is 4.79 Å². The molecule has 3 heteroatoms. The van der Waals surface area contributed by atoms with E-state index in [4.69, 9.17) is 9.47 Å². The highest BCUT2D eigenvalue weighted by molar-refractivity contribution is 5.78. The quantitative estimate of drug-likeness (QED) is 0.583. The molecular formula is C12H22O3. The van der Waals surface area contributed by atoms with Crippen LogP contribution in [0.15, 0.2) is 0 Å². The van der Waals surface area contributed by atoms with Gasteiger partial charge in [0.05, 0.1) is 13.2 Å². The highest BCUT2D eigenvalue weighted by Gasteiger charge is 2.14. The lowest BCUT2D eigenvalue weighted by atomic mass is 10.1. The second-order valence-electron chi connectivity index (χ2n) is 4.06. The van der Waals surface area contributed by atoms with E-state index in [0.717, 1.165) is 58.2 Å². The van der Waals surface area contributed by atoms with Gasteiger partial charge in [-0.1, -0.05) is 13.3 Å². The summed E-state index contributed by atoms with van der Waals surface area (Å²) < 4.78 is 10.6. The maximum atomic E-state index is 11.3. The van der Waals surface area contributed by atoms with Crippen molar-refractivity contribution in [1.82, 2.24) is 0 Å². The number of ketones is 1. The number of rotatable bonds is 8. The molecule has 0 N–H and O–H groups in total. The molecular weight excluding hydrogens is 192 g/mol. The van der Waals surface area contributed by atoms with Crippen LogP contribution in [0.2, 0.25) is 0 Å². The fourth-order valence-electron chi connectivity index (χ4n) is 1.71. The molecule has 0 aromatic carbocycles. The van der Waals surface area contributed by atoms with Gasteiger partial charge in [0.15, 0.2) is 6.29 Å². The Kier molecular flexibility index (Phi) is 6.60. The van der Waals surface area contributed by atoms with Gasteiger partial charge in [-0.25, -0.2) is 0 Å². The molecule has 0 unspecified atom stereocenters. The Morgan fingerprint density at radius 3 is 2.47 bits per heavy atom. The van der Waals surface area contributed by atoms with Crippen LogP contribution < -0.4 is 0 Å². The van der Waals surface area contributed by atoms with E-state index in [2.05, 4.69) is 6.92 Å². The first-order valence-electron chi connectivity index (χ1n) is 6.08. The summed E-state index contributed by atoms with van der Waals surface area (Å²) in [5.41, 5.74) is 0. The maximum Gasteiger partial charge on any atom is 0.157 e. The SMILES string of the molecule is CCCCC(=O)CCCCC1OCCO1. The molecule has 0 amide bonds. The molecule has 0 aromatic heterocycles. The number of ether oxygens (including phenoxy) is 2. The third kappa shape index (κ3) is 5.90. The van der Waals surface area contributed by atoms with Gasteiger partial charge in [0, 0.05) is 12.8 Å². The van der Waals surface area contributed by atoms with Crippen LogP contribution in [0.25, 0.3) is 0 Å². The smallest absolute Gasteiger partial charge is 0.157 e. The van der Waals surface area contributed by atoms with Crippen molar-refractivity contribution in [2.24, 2.45) is 0 Å². The minimum atomic E-state index is -0.00394. The molecule has 1 rings (SSSR count). The van der Waals surface area contributed by atoms with E-state index in [1.54, 1.807) is 0 Å². The van der Waals surface area contributed by atoms with Crippen LogP contribution in [0.5, 0.6) is 0 Å². The molecule has 15 heavy (non-hydrogen) atoms. The molecule has 0 saturated carbocycles. The Morgan fingerprint density at radius 2 is 1.80 bits per heavy atom. The normalized spacial score (nSPS) is 17.1. The third-order valence-corrected chi connectivity index (χ3v) is 2.65. The van der Waals surface area contributed by atoms with Crippen molar-refractivity contribution >= 4 is 5.78 Å². The predicted octanol–water partition coefficient (Wildman–Crippen LogP) is 2.68. The summed E-state index contributed by atoms with van der Waals surface area (Å²) in [6, 6.07) is 0. The Morgan fingerprint density at radius 1 is 1.13 bits per heavy atom. The van der Waals surface area contributed by atoms with Crippen LogP contribution in [0.1, 0.15) is 51.9 Å². The molecule has 1 aliphatic rings. The van der Waals surface area contributed by atoms with Crippen molar-refractivity contribution in [3.05, 3.63) is 0 Å². The molecule has 0 atom stereocenters. The van der Waals surface area contributed by atoms with Gasteiger partial charge in [0.25, 0.3) is 0 Å². The maximum absolute atomic E-state index is 11.3. The average molecular weight is 214 g/mol. The average Bonchev–Trinajstić information content (AvgIpc) is 2.74. The van der Waals surface area contributed by atoms with Gasteiger partial charge >= 0.3 is 0 Å². The van der Waals surface area contributed by atoms with Crippen molar-refractivity contribution in [3.63, 3.8) is 0 Å². The van der Waals surface area contributed by atoms with Crippen LogP contribution in [0, 0.1) is 0 Å². The summed E-state index contributed by atoms with van der Waals surface area (Å²) in [4.78, 5) is 11.3. The highest BCUT2D eigenvalue weighted by atomic mass is 16.7. The largest absolute Gasteiger partial charge is 0.350 e. The molecule has 0 bridgehead atoms. The predicted molar refractivity (Wildman–Crippen MR) is 58.7 cm³/mol. The van der Waals surface area contributed by atoms with Gasteiger partial charge in [-0.05, 0) is 25.7 Å². The van der Waals surface area contributed by atoms with Crippen LogP contribution >= 0.6 is 0 Å². The number of unbranched alkanes of at least 4 members (excludes halogenated alkanes) is 2. The summed E-state index contributed by atoms with van der Waals surface area (Å²) in [5, 5.41) is 0. The molecule has 0 radical (unpaired) electrons. The van der Waals surface area contributed by atoms with Crippen LogP contribution in [-0.2, 0) is 14.3 Å². The Labute approximate surface area is 92.1 Å². The summed E-state index contributed by atoms with van der Waals surface area (Å²) >= 11 is 0. The topological polar surface area (TPSA) is 35.5 Å². The van der Waals surface area contributed by atoms with Gasteiger partial charge in [-0.3, -0.25) is 4.79 Å². The summed E-state index contributed by atoms with van der Waals surface area (Å²) in [6.07, 6.45) is 6.56. The fourth-order valence-corrected chi connectivity index (χ4v) is 1.71. The first kappa shape index (κ1) is 12.7. The first-order valence-corrected chi connectivity index (χ1v) is 6.08. The van der Waals surface area contributed by atoms with E-state index in [1.165, 1.54) is 0 Å². The Bertz CT molecular complexity index is 174. The lowest BCUT2D eigenvalue weighted by Gasteiger charge is -2.07. The fraction of sp³-hybridized carbons (Fsp3) is 0.917. The Balaban J connectivity index is 1.89. The zero-order valence-corrected chi connectivity index (χ0v) is 9.67. The summed E-state index contributed by atoms with van der Waals surface area (Å²) in [6.45, 7) is 3.56. The second kappa shape index (κ2) is 7.83. The van der Waals surface area contributed by atoms with E-state index in [-0.39, 0.29) is 6.29 Å². The number of hydrogen-bond acceptors (Lipinski definition) is 3. The zero-order valence-electron chi connectivity index (χ0n) is 9.67. The molecule has 1 saturated heterocycles. The lowest BCUT2D eigenvalue weighted by Crippen LogP contribution is -2.07. The van der Waals surface area contributed by atoms with Crippen LogP contribution in [-0.4, -0.2) is 25.3 Å². The zero-order chi connectivity index (χ0) is 10.9. The van der Waals surface area contributed by atoms with Gasteiger partial charge in [-0.2, -0.15) is 0 Å². The number of Topliss-reactive ketones (excluding diaryl/α,β-unsaturated/α-hetero) is 1. The molecule has 3 nitrogen and oxygen atoms in total. The highest BCUT2D eigenvalue weighted by Crippen LogP contribution is 2.13. The minimum Gasteiger partial charge on any atom is -0.350 e. The van der Waals surface area contributed by atoms with E-state index < -0.39 is 0 Å². The first-order chi connectivity index (χ1) is 7.33. The van der Waals surface area contributed by atoms with Gasteiger partial charge in [-0.15, -0.1) is 0 Å². The molecule has 0 aromatic rings. The second-order valence-corrected chi connectivity index (χ2v) is 4.06. The Hall–Kier alpha value is -0.410. The number of carbonyl (C=O) groups excluding carboxylic acids is 1. The summed E-state index contributed by atoms with van der Waals surface area (Å²) in [7, 11) is 0. The summed E-state index contributed by atoms with van der Waals surface area (Å²) in [5.74, 6) is 0.408. The van der Waals surface area contributed by atoms with Gasteiger partial charge in [0.1, 0.15) is 5.78 Å². The van der Waals surface area contributed by atoms with Crippen molar-refractivity contribution in [2.45, 2.75) is 58.2 Å². The molecule has 1 aliphatic heterocycles. The molecule has 1 heterocycles. The lowest BCUT2D eigenvalue weighted by molar-refractivity contribution is -0.119.